The highest BCUT2D eigenvalue weighted by atomic mass is 16.6. The molecule has 4 heterocycles. The summed E-state index contributed by atoms with van der Waals surface area (Å²) in [5.74, 6) is 2.71. The molecule has 2 aliphatic heterocycles. The van der Waals surface area contributed by atoms with Crippen LogP contribution in [0.1, 0.15) is 50.5 Å². The Bertz CT molecular complexity index is 2340. The van der Waals surface area contributed by atoms with Gasteiger partial charge in [0, 0.05) is 45.4 Å². The lowest BCUT2D eigenvalue weighted by molar-refractivity contribution is 0.330. The SMILES string of the molecule is CC(C)(C)c1cc2c3c(c1)N(c1ccccc1)c1cc(-n4c5ccccc5c5ccccc54)ccc1B3c1c(oc3c1CCCC3)O2. The number of hydrogen-bond donors (Lipinski definition) is 0. The van der Waals surface area contributed by atoms with Crippen LogP contribution in [0, 0.1) is 0 Å². The maximum atomic E-state index is 6.79. The number of nitrogens with zero attached hydrogens (tertiary/aromatic N) is 2. The van der Waals surface area contributed by atoms with Crippen LogP contribution >= 0.6 is 0 Å². The molecule has 7 aromatic rings. The highest BCUT2D eigenvalue weighted by Crippen LogP contribution is 2.45. The quantitative estimate of drug-likeness (QED) is 0.183. The van der Waals surface area contributed by atoms with Gasteiger partial charge in [0.05, 0.1) is 11.0 Å². The van der Waals surface area contributed by atoms with Crippen LogP contribution in [0.25, 0.3) is 27.5 Å². The number of furan rings is 1. The van der Waals surface area contributed by atoms with Gasteiger partial charge in [0.2, 0.25) is 0 Å². The Balaban J connectivity index is 1.30. The minimum Gasteiger partial charge on any atom is -0.431 e. The summed E-state index contributed by atoms with van der Waals surface area (Å²) in [6, 6.07) is 40.1. The molecule has 0 radical (unpaired) electrons. The van der Waals surface area contributed by atoms with Crippen molar-refractivity contribution in [3.8, 4) is 17.4 Å². The van der Waals surface area contributed by atoms with E-state index in [4.69, 9.17) is 9.15 Å². The Morgan fingerprint density at radius 1 is 0.660 bits per heavy atom. The van der Waals surface area contributed by atoms with Gasteiger partial charge in [0.25, 0.3) is 12.7 Å². The summed E-state index contributed by atoms with van der Waals surface area (Å²) < 4.78 is 15.8. The number of para-hydroxylation sites is 3. The molecular weight excluding hydrogens is 575 g/mol. The van der Waals surface area contributed by atoms with Gasteiger partial charge >= 0.3 is 0 Å². The third kappa shape index (κ3) is 3.83. The molecule has 5 aromatic carbocycles. The molecule has 47 heavy (non-hydrogen) atoms. The molecule has 0 N–H and O–H groups in total. The van der Waals surface area contributed by atoms with Gasteiger partial charge in [-0.25, -0.2) is 0 Å². The lowest BCUT2D eigenvalue weighted by Gasteiger charge is -2.40. The second kappa shape index (κ2) is 9.68. The molecule has 0 atom stereocenters. The summed E-state index contributed by atoms with van der Waals surface area (Å²) in [7, 11) is 0. The largest absolute Gasteiger partial charge is 0.431 e. The van der Waals surface area contributed by atoms with E-state index in [9.17, 15) is 0 Å². The predicted molar refractivity (Wildman–Crippen MR) is 194 cm³/mol. The van der Waals surface area contributed by atoms with E-state index >= 15 is 0 Å². The molecule has 10 rings (SSSR count). The monoisotopic (exact) mass is 610 g/mol. The summed E-state index contributed by atoms with van der Waals surface area (Å²) in [5.41, 5.74) is 13.4. The van der Waals surface area contributed by atoms with Crippen LogP contribution in [-0.4, -0.2) is 11.3 Å². The Kier molecular flexibility index (Phi) is 5.56. The summed E-state index contributed by atoms with van der Waals surface area (Å²) in [6.07, 6.45) is 4.36. The van der Waals surface area contributed by atoms with Crippen molar-refractivity contribution < 1.29 is 9.15 Å². The van der Waals surface area contributed by atoms with Crippen LogP contribution in [0.15, 0.2) is 114 Å². The van der Waals surface area contributed by atoms with Gasteiger partial charge in [0.1, 0.15) is 11.5 Å². The van der Waals surface area contributed by atoms with Crippen LogP contribution in [0.5, 0.6) is 11.7 Å². The van der Waals surface area contributed by atoms with E-state index in [1.807, 2.05) is 0 Å². The molecule has 2 aromatic heterocycles. The number of anilines is 3. The third-order valence-corrected chi connectivity index (χ3v) is 10.6. The van der Waals surface area contributed by atoms with Crippen LogP contribution in [0.4, 0.5) is 17.1 Å². The van der Waals surface area contributed by atoms with Gasteiger partial charge in [-0.1, -0.05) is 81.4 Å². The molecule has 0 spiro atoms. The zero-order valence-corrected chi connectivity index (χ0v) is 27.0. The Morgan fingerprint density at radius 2 is 1.36 bits per heavy atom. The molecule has 0 saturated heterocycles. The molecule has 0 saturated carbocycles. The molecule has 0 unspecified atom stereocenters. The standard InChI is InChI=1S/C42H35BN2O2/c1-42(2,3)26-23-36-40-38(24-26)47-41-39(31-17-9-12-20-37(31)46-41)43(40)32-22-21-28(25-35(32)44(36)27-13-5-4-6-14-27)45-33-18-10-7-15-29(33)30-16-8-11-19-34(30)45/h4-8,10-11,13-16,18-19,21-25H,9,12,17,20H2,1-3H3. The molecule has 0 fully saturated rings. The first-order valence-corrected chi connectivity index (χ1v) is 16.9. The summed E-state index contributed by atoms with van der Waals surface area (Å²) >= 11 is 0. The van der Waals surface area contributed by atoms with Crippen molar-refractivity contribution in [2.45, 2.75) is 51.9 Å². The molecule has 4 nitrogen and oxygen atoms in total. The number of benzene rings is 5. The average molecular weight is 611 g/mol. The lowest BCUT2D eigenvalue weighted by atomic mass is 9.33. The fraction of sp³-hybridized carbons (Fsp3) is 0.190. The number of aryl methyl sites for hydroxylation is 1. The number of fused-ring (bicyclic) bond motifs is 9. The van der Waals surface area contributed by atoms with Crippen molar-refractivity contribution in [3.63, 3.8) is 0 Å². The number of aromatic nitrogens is 1. The van der Waals surface area contributed by atoms with Crippen molar-refractivity contribution in [2.24, 2.45) is 0 Å². The molecule has 5 heteroatoms. The molecule has 0 amide bonds. The lowest BCUT2D eigenvalue weighted by Crippen LogP contribution is -2.60. The van der Waals surface area contributed by atoms with Gasteiger partial charge < -0.3 is 18.6 Å². The number of ether oxygens (including phenoxy) is 1. The fourth-order valence-electron chi connectivity index (χ4n) is 8.39. The van der Waals surface area contributed by atoms with E-state index in [-0.39, 0.29) is 12.1 Å². The normalized spacial score (nSPS) is 14.9. The van der Waals surface area contributed by atoms with Crippen LogP contribution in [0.2, 0.25) is 0 Å². The number of hydrogen-bond acceptors (Lipinski definition) is 3. The molecule has 3 aliphatic rings. The van der Waals surface area contributed by atoms with Crippen molar-refractivity contribution in [1.29, 1.82) is 0 Å². The second-order valence-corrected chi connectivity index (χ2v) is 14.4. The Morgan fingerprint density at radius 3 is 2.11 bits per heavy atom. The van der Waals surface area contributed by atoms with Gasteiger partial charge in [-0.05, 0) is 95.3 Å². The molecular formula is C42H35BN2O2. The molecule has 228 valence electrons. The average Bonchev–Trinajstić information content (AvgIpc) is 3.63. The predicted octanol–water partition coefficient (Wildman–Crippen LogP) is 8.96. The maximum absolute atomic E-state index is 6.79. The van der Waals surface area contributed by atoms with Gasteiger partial charge in [0.15, 0.2) is 0 Å². The Labute approximate surface area is 275 Å². The fourth-order valence-corrected chi connectivity index (χ4v) is 8.39. The van der Waals surface area contributed by atoms with Crippen molar-refractivity contribution >= 4 is 62.0 Å². The smallest absolute Gasteiger partial charge is 0.285 e. The van der Waals surface area contributed by atoms with Crippen LogP contribution in [-0.2, 0) is 18.3 Å². The Hall–Kier alpha value is -5.16. The maximum Gasteiger partial charge on any atom is 0.285 e. The summed E-state index contributed by atoms with van der Waals surface area (Å²) in [6.45, 7) is 6.87. The molecule has 0 bridgehead atoms. The zero-order valence-electron chi connectivity index (χ0n) is 27.0. The van der Waals surface area contributed by atoms with E-state index in [0.29, 0.717) is 5.95 Å². The van der Waals surface area contributed by atoms with Crippen LogP contribution in [0.3, 0.4) is 0 Å². The van der Waals surface area contributed by atoms with Crippen molar-refractivity contribution in [2.75, 3.05) is 4.90 Å². The summed E-state index contributed by atoms with van der Waals surface area (Å²) in [4.78, 5) is 2.47. The molecule has 1 aliphatic carbocycles. The van der Waals surface area contributed by atoms with Gasteiger partial charge in [-0.15, -0.1) is 0 Å². The van der Waals surface area contributed by atoms with E-state index in [0.717, 1.165) is 42.1 Å². The van der Waals surface area contributed by atoms with E-state index in [1.54, 1.807) is 0 Å². The highest BCUT2D eigenvalue weighted by Gasteiger charge is 2.46. The van der Waals surface area contributed by atoms with Crippen molar-refractivity contribution in [1.82, 2.24) is 4.57 Å². The van der Waals surface area contributed by atoms with E-state index in [1.165, 1.54) is 67.1 Å². The first-order valence-electron chi connectivity index (χ1n) is 16.9. The minimum atomic E-state index is -0.0689. The van der Waals surface area contributed by atoms with E-state index < -0.39 is 0 Å². The van der Waals surface area contributed by atoms with Gasteiger partial charge in [-0.3, -0.25) is 0 Å². The highest BCUT2D eigenvalue weighted by molar-refractivity contribution is 6.99. The zero-order chi connectivity index (χ0) is 31.4. The topological polar surface area (TPSA) is 30.5 Å². The third-order valence-electron chi connectivity index (χ3n) is 10.6. The minimum absolute atomic E-state index is 0.0329. The van der Waals surface area contributed by atoms with Crippen LogP contribution < -0.4 is 26.0 Å². The first-order chi connectivity index (χ1) is 23.0. The number of rotatable bonds is 2. The van der Waals surface area contributed by atoms with E-state index in [2.05, 4.69) is 139 Å². The first kappa shape index (κ1) is 27.0. The van der Waals surface area contributed by atoms with Gasteiger partial charge in [-0.2, -0.15) is 0 Å². The van der Waals surface area contributed by atoms with Crippen molar-refractivity contribution in [3.05, 3.63) is 126 Å². The summed E-state index contributed by atoms with van der Waals surface area (Å²) in [5, 5.41) is 2.54. The second-order valence-electron chi connectivity index (χ2n) is 14.4.